The summed E-state index contributed by atoms with van der Waals surface area (Å²) in [6.45, 7) is 5.78. The lowest BCUT2D eigenvalue weighted by Gasteiger charge is -2.33. The van der Waals surface area contributed by atoms with Crippen LogP contribution in [-0.2, 0) is 26.2 Å². The predicted molar refractivity (Wildman–Crippen MR) is 128 cm³/mol. The first kappa shape index (κ1) is 26.3. The highest BCUT2D eigenvalue weighted by molar-refractivity contribution is 7.92. The monoisotopic (exact) mass is 477 g/mol. The number of halogens is 1. The predicted octanol–water partition coefficient (Wildman–Crippen LogP) is 3.17. The maximum absolute atomic E-state index is 13.8. The number of nitrogens with zero attached hydrogens (tertiary/aromatic N) is 2. The third-order valence-electron chi connectivity index (χ3n) is 5.04. The van der Waals surface area contributed by atoms with E-state index in [2.05, 4.69) is 5.32 Å². The number of rotatable bonds is 11. The summed E-state index contributed by atoms with van der Waals surface area (Å²) < 4.78 is 39.6. The van der Waals surface area contributed by atoms with E-state index in [1.807, 2.05) is 44.2 Å². The lowest BCUT2D eigenvalue weighted by atomic mass is 10.1. The minimum absolute atomic E-state index is 0.0443. The summed E-state index contributed by atoms with van der Waals surface area (Å²) in [4.78, 5) is 27.8. The fourth-order valence-corrected chi connectivity index (χ4v) is 4.21. The van der Waals surface area contributed by atoms with Gasteiger partial charge in [0.05, 0.1) is 11.9 Å². The van der Waals surface area contributed by atoms with Gasteiger partial charge < -0.3 is 10.2 Å². The second-order valence-corrected chi connectivity index (χ2v) is 10.2. The van der Waals surface area contributed by atoms with E-state index < -0.39 is 34.3 Å². The molecule has 0 heterocycles. The maximum atomic E-state index is 13.8. The highest BCUT2D eigenvalue weighted by Crippen LogP contribution is 2.20. The van der Waals surface area contributed by atoms with Gasteiger partial charge in [-0.1, -0.05) is 57.2 Å². The molecule has 0 aliphatic carbocycles. The number of nitrogens with one attached hydrogen (secondary N) is 1. The minimum atomic E-state index is -3.89. The maximum Gasteiger partial charge on any atom is 0.244 e. The smallest absolute Gasteiger partial charge is 0.244 e. The lowest BCUT2D eigenvalue weighted by molar-refractivity contribution is -0.140. The molecule has 0 radical (unpaired) electrons. The zero-order valence-corrected chi connectivity index (χ0v) is 20.3. The van der Waals surface area contributed by atoms with E-state index in [4.69, 9.17) is 0 Å². The number of hydrogen-bond donors (Lipinski definition) is 1. The van der Waals surface area contributed by atoms with E-state index in [-0.39, 0.29) is 24.1 Å². The molecule has 2 aromatic carbocycles. The lowest BCUT2D eigenvalue weighted by Crippen LogP contribution is -2.52. The average Bonchev–Trinajstić information content (AvgIpc) is 2.75. The van der Waals surface area contributed by atoms with Gasteiger partial charge in [-0.25, -0.2) is 12.8 Å². The van der Waals surface area contributed by atoms with Crippen LogP contribution in [0, 0.1) is 11.7 Å². The molecule has 33 heavy (non-hydrogen) atoms. The van der Waals surface area contributed by atoms with Crippen LogP contribution < -0.4 is 9.62 Å². The molecule has 2 rings (SSSR count). The molecule has 0 spiro atoms. The van der Waals surface area contributed by atoms with Gasteiger partial charge in [0, 0.05) is 13.1 Å². The van der Waals surface area contributed by atoms with Crippen molar-refractivity contribution in [3.63, 3.8) is 0 Å². The first-order valence-corrected chi connectivity index (χ1v) is 12.7. The topological polar surface area (TPSA) is 86.8 Å². The van der Waals surface area contributed by atoms with Crippen molar-refractivity contribution in [2.24, 2.45) is 5.92 Å². The van der Waals surface area contributed by atoms with E-state index in [1.165, 1.54) is 23.1 Å². The SMILES string of the molecule is CC[C@H](C(=O)NCC(C)C)N(Cc1ccccc1)C(=O)CN(c1cccc(F)c1)S(C)(=O)=O. The third-order valence-corrected chi connectivity index (χ3v) is 6.18. The van der Waals surface area contributed by atoms with E-state index in [1.54, 1.807) is 6.92 Å². The molecule has 180 valence electrons. The Kier molecular flexibility index (Phi) is 9.40. The van der Waals surface area contributed by atoms with Crippen LogP contribution in [-0.4, -0.2) is 50.5 Å². The Bertz CT molecular complexity index is 1040. The van der Waals surface area contributed by atoms with Gasteiger partial charge >= 0.3 is 0 Å². The summed E-state index contributed by atoms with van der Waals surface area (Å²) >= 11 is 0. The Labute approximate surface area is 195 Å². The van der Waals surface area contributed by atoms with Crippen molar-refractivity contribution in [1.82, 2.24) is 10.2 Å². The van der Waals surface area contributed by atoms with Crippen LogP contribution in [0.15, 0.2) is 54.6 Å². The van der Waals surface area contributed by atoms with Gasteiger partial charge in [0.1, 0.15) is 18.4 Å². The molecular weight excluding hydrogens is 445 g/mol. The van der Waals surface area contributed by atoms with Crippen molar-refractivity contribution in [2.45, 2.75) is 39.8 Å². The summed E-state index contributed by atoms with van der Waals surface area (Å²) in [5.41, 5.74) is 0.848. The molecule has 9 heteroatoms. The van der Waals surface area contributed by atoms with Crippen molar-refractivity contribution in [2.75, 3.05) is 23.7 Å². The zero-order chi connectivity index (χ0) is 24.6. The highest BCUT2D eigenvalue weighted by Gasteiger charge is 2.31. The first-order chi connectivity index (χ1) is 15.5. The fraction of sp³-hybridized carbons (Fsp3) is 0.417. The number of amides is 2. The molecule has 2 amide bonds. The van der Waals surface area contributed by atoms with Crippen molar-refractivity contribution in [3.8, 4) is 0 Å². The summed E-state index contributed by atoms with van der Waals surface area (Å²) in [7, 11) is -3.89. The number of benzene rings is 2. The average molecular weight is 478 g/mol. The normalized spacial score (nSPS) is 12.3. The van der Waals surface area contributed by atoms with Gasteiger partial charge in [0.25, 0.3) is 0 Å². The number of anilines is 1. The van der Waals surface area contributed by atoms with Gasteiger partial charge in [-0.05, 0) is 36.1 Å². The molecule has 7 nitrogen and oxygen atoms in total. The molecule has 0 unspecified atom stereocenters. The molecule has 1 N–H and O–H groups in total. The van der Waals surface area contributed by atoms with Gasteiger partial charge in [-0.3, -0.25) is 13.9 Å². The Hall–Kier alpha value is -2.94. The van der Waals surface area contributed by atoms with Gasteiger partial charge in [-0.15, -0.1) is 0 Å². The molecule has 0 saturated heterocycles. The van der Waals surface area contributed by atoms with Crippen molar-refractivity contribution < 1.29 is 22.4 Å². The van der Waals surface area contributed by atoms with Crippen LogP contribution >= 0.6 is 0 Å². The number of sulfonamides is 1. The van der Waals surface area contributed by atoms with Crippen molar-refractivity contribution >= 4 is 27.5 Å². The Morgan fingerprint density at radius 3 is 2.27 bits per heavy atom. The molecule has 0 fully saturated rings. The van der Waals surface area contributed by atoms with Crippen LogP contribution in [0.2, 0.25) is 0 Å². The van der Waals surface area contributed by atoms with E-state index in [0.29, 0.717) is 13.0 Å². The molecule has 0 bridgehead atoms. The second-order valence-electron chi connectivity index (χ2n) is 8.32. The first-order valence-electron chi connectivity index (χ1n) is 10.9. The van der Waals surface area contributed by atoms with Gasteiger partial charge in [-0.2, -0.15) is 0 Å². The van der Waals surface area contributed by atoms with Crippen LogP contribution in [0.3, 0.4) is 0 Å². The third kappa shape index (κ3) is 7.85. The Balaban J connectivity index is 2.39. The minimum Gasteiger partial charge on any atom is -0.354 e. The number of carbonyl (C=O) groups excluding carboxylic acids is 2. The van der Waals surface area contributed by atoms with Crippen molar-refractivity contribution in [3.05, 3.63) is 66.0 Å². The quantitative estimate of drug-likeness (QED) is 0.539. The van der Waals surface area contributed by atoms with Crippen LogP contribution in [0.5, 0.6) is 0 Å². The van der Waals surface area contributed by atoms with Crippen LogP contribution in [0.1, 0.15) is 32.8 Å². The van der Waals surface area contributed by atoms with Crippen LogP contribution in [0.4, 0.5) is 10.1 Å². The number of hydrogen-bond acceptors (Lipinski definition) is 4. The Morgan fingerprint density at radius 1 is 1.06 bits per heavy atom. The molecule has 0 aliphatic heterocycles. The highest BCUT2D eigenvalue weighted by atomic mass is 32.2. The van der Waals surface area contributed by atoms with Crippen LogP contribution in [0.25, 0.3) is 0 Å². The van der Waals surface area contributed by atoms with Crippen molar-refractivity contribution in [1.29, 1.82) is 0 Å². The van der Waals surface area contributed by atoms with Gasteiger partial charge in [0.2, 0.25) is 21.8 Å². The Morgan fingerprint density at radius 2 is 1.73 bits per heavy atom. The van der Waals surface area contributed by atoms with Gasteiger partial charge in [0.15, 0.2) is 0 Å². The largest absolute Gasteiger partial charge is 0.354 e. The molecule has 0 aliphatic rings. The van der Waals surface area contributed by atoms with E-state index in [9.17, 15) is 22.4 Å². The summed E-state index contributed by atoms with van der Waals surface area (Å²) in [5.74, 6) is -1.24. The standard InChI is InChI=1S/C24H32FN3O4S/c1-5-22(24(30)26-15-18(2)3)27(16-19-10-7-6-8-11-19)23(29)17-28(33(4,31)32)21-13-9-12-20(25)14-21/h6-14,18,22H,5,15-17H2,1-4H3,(H,26,30)/t22-/m1/s1. The zero-order valence-electron chi connectivity index (χ0n) is 19.5. The molecule has 1 atom stereocenters. The molecule has 2 aromatic rings. The molecular formula is C24H32FN3O4S. The summed E-state index contributed by atoms with van der Waals surface area (Å²) in [5, 5.41) is 2.86. The fourth-order valence-electron chi connectivity index (χ4n) is 3.37. The van der Waals surface area contributed by atoms with E-state index in [0.717, 1.165) is 22.2 Å². The number of carbonyl (C=O) groups is 2. The summed E-state index contributed by atoms with van der Waals surface area (Å²) in [6, 6.07) is 13.4. The molecule has 0 aromatic heterocycles. The van der Waals surface area contributed by atoms with E-state index >= 15 is 0 Å². The second kappa shape index (κ2) is 11.8. The summed E-state index contributed by atoms with van der Waals surface area (Å²) in [6.07, 6.45) is 1.31. The molecule has 0 saturated carbocycles.